The van der Waals surface area contributed by atoms with E-state index in [4.69, 9.17) is 0 Å². The predicted octanol–water partition coefficient (Wildman–Crippen LogP) is 3.37. The molecule has 29 heavy (non-hydrogen) atoms. The van der Waals surface area contributed by atoms with E-state index in [2.05, 4.69) is 24.9 Å². The molecule has 0 aliphatic rings. The summed E-state index contributed by atoms with van der Waals surface area (Å²) in [6.45, 7) is -4.35. The van der Waals surface area contributed by atoms with Crippen LogP contribution in [-0.2, 0) is 5.60 Å². The number of rotatable bonds is 8. The van der Waals surface area contributed by atoms with Gasteiger partial charge in [0.15, 0.2) is 6.33 Å². The van der Waals surface area contributed by atoms with Gasteiger partial charge < -0.3 is 14.6 Å². The lowest BCUT2D eigenvalue weighted by molar-refractivity contribution is -0.0505. The van der Waals surface area contributed by atoms with Gasteiger partial charge in [0.1, 0.15) is 23.1 Å². The number of alkyl halides is 4. The van der Waals surface area contributed by atoms with Gasteiger partial charge in [-0.15, -0.1) is 10.2 Å². The summed E-state index contributed by atoms with van der Waals surface area (Å²) < 4.78 is 58.3. The van der Waals surface area contributed by atoms with E-state index in [0.29, 0.717) is 11.1 Å². The summed E-state index contributed by atoms with van der Waals surface area (Å²) in [4.78, 5) is 1.17. The molecule has 0 bridgehead atoms. The monoisotopic (exact) mass is 412 g/mol. The number of hydrogen-bond acceptors (Lipinski definition) is 6. The Labute approximate surface area is 162 Å². The average molecular weight is 412 g/mol. The number of halogens is 4. The molecule has 1 atom stereocenters. The van der Waals surface area contributed by atoms with E-state index < -0.39 is 24.9 Å². The van der Waals surface area contributed by atoms with Crippen LogP contribution in [0.25, 0.3) is 0 Å². The molecule has 0 saturated heterocycles. The average Bonchev–Trinajstić information content (AvgIpc) is 3.22. The van der Waals surface area contributed by atoms with E-state index in [1.165, 1.54) is 59.7 Å². The van der Waals surface area contributed by atoms with Crippen LogP contribution in [0.15, 0.2) is 54.9 Å². The number of nitrogens with zero attached hydrogens (tertiary/aromatic N) is 4. The summed E-state index contributed by atoms with van der Waals surface area (Å²) in [6.07, 6.45) is 1.19. The SMILES string of the molecule is CC(n1ncnn1)C(O)(c1ccc(OC(F)F)cc1)c1ccc(OC(F)F)cc1. The Kier molecular flexibility index (Phi) is 5.97. The van der Waals surface area contributed by atoms with Crippen LogP contribution < -0.4 is 9.47 Å². The Hall–Kier alpha value is -3.21. The molecule has 154 valence electrons. The Bertz CT molecular complexity index is 852. The fourth-order valence-corrected chi connectivity index (χ4v) is 2.95. The van der Waals surface area contributed by atoms with Crippen LogP contribution in [-0.4, -0.2) is 38.5 Å². The molecule has 1 aromatic heterocycles. The van der Waals surface area contributed by atoms with Gasteiger partial charge in [-0.2, -0.15) is 22.4 Å². The van der Waals surface area contributed by atoms with E-state index in [9.17, 15) is 22.7 Å². The maximum absolute atomic E-state index is 12.4. The summed E-state index contributed by atoms with van der Waals surface area (Å²) in [5.74, 6) is -0.170. The zero-order chi connectivity index (χ0) is 21.0. The van der Waals surface area contributed by atoms with Crippen LogP contribution in [0, 0.1) is 0 Å². The van der Waals surface area contributed by atoms with Crippen LogP contribution in [0.2, 0.25) is 0 Å². The van der Waals surface area contributed by atoms with Crippen molar-refractivity contribution in [3.63, 3.8) is 0 Å². The highest BCUT2D eigenvalue weighted by Gasteiger charge is 2.40. The van der Waals surface area contributed by atoms with Gasteiger partial charge in [0.05, 0.1) is 0 Å². The van der Waals surface area contributed by atoms with E-state index in [-0.39, 0.29) is 11.5 Å². The van der Waals surface area contributed by atoms with Gasteiger partial charge in [-0.05, 0) is 47.5 Å². The molecule has 0 aliphatic heterocycles. The maximum atomic E-state index is 12.4. The molecule has 0 fully saturated rings. The standard InChI is InChI=1S/C18H16F4N4O3/c1-11(26-24-10-23-25-26)18(27,12-2-6-14(7-3-12)28-16(19)20)13-4-8-15(9-5-13)29-17(21)22/h2-11,16-17,27H,1H3. The Morgan fingerprint density at radius 2 is 1.31 bits per heavy atom. The van der Waals surface area contributed by atoms with E-state index in [1.54, 1.807) is 6.92 Å². The number of aromatic nitrogens is 4. The van der Waals surface area contributed by atoms with E-state index in [1.807, 2.05) is 0 Å². The molecule has 1 heterocycles. The molecule has 2 aromatic carbocycles. The van der Waals surface area contributed by atoms with Gasteiger partial charge in [0.25, 0.3) is 0 Å². The van der Waals surface area contributed by atoms with Crippen molar-refractivity contribution in [1.29, 1.82) is 0 Å². The first-order valence-electron chi connectivity index (χ1n) is 8.36. The van der Waals surface area contributed by atoms with Crippen LogP contribution in [0.3, 0.4) is 0 Å². The smallest absolute Gasteiger partial charge is 0.387 e. The summed E-state index contributed by atoms with van der Waals surface area (Å²) >= 11 is 0. The van der Waals surface area contributed by atoms with Crippen LogP contribution in [0.5, 0.6) is 11.5 Å². The lowest BCUT2D eigenvalue weighted by Gasteiger charge is -2.34. The summed E-state index contributed by atoms with van der Waals surface area (Å²) in [6, 6.07) is 9.97. The second-order valence-electron chi connectivity index (χ2n) is 6.00. The first kappa shape index (κ1) is 20.5. The largest absolute Gasteiger partial charge is 0.435 e. The maximum Gasteiger partial charge on any atom is 0.387 e. The molecule has 3 aromatic rings. The third-order valence-electron chi connectivity index (χ3n) is 4.36. The van der Waals surface area contributed by atoms with E-state index in [0.717, 1.165) is 0 Å². The molecule has 0 aliphatic carbocycles. The lowest BCUT2D eigenvalue weighted by Crippen LogP contribution is -2.37. The minimum atomic E-state index is -2.99. The third kappa shape index (κ3) is 4.45. The van der Waals surface area contributed by atoms with Gasteiger partial charge in [-0.3, -0.25) is 0 Å². The van der Waals surface area contributed by atoms with Gasteiger partial charge in [0.2, 0.25) is 0 Å². The second kappa shape index (κ2) is 8.43. The van der Waals surface area contributed by atoms with Gasteiger partial charge >= 0.3 is 13.2 Å². The lowest BCUT2D eigenvalue weighted by atomic mass is 9.81. The molecule has 7 nitrogen and oxygen atoms in total. The molecular weight excluding hydrogens is 396 g/mol. The molecule has 0 radical (unpaired) electrons. The second-order valence-corrected chi connectivity index (χ2v) is 6.00. The zero-order valence-electron chi connectivity index (χ0n) is 15.0. The van der Waals surface area contributed by atoms with Crippen LogP contribution >= 0.6 is 0 Å². The van der Waals surface area contributed by atoms with Gasteiger partial charge in [-0.25, -0.2) is 0 Å². The fraction of sp³-hybridized carbons (Fsp3) is 0.278. The van der Waals surface area contributed by atoms with Gasteiger partial charge in [-0.1, -0.05) is 24.3 Å². The molecular formula is C18H16F4N4O3. The van der Waals surface area contributed by atoms with Crippen molar-refractivity contribution in [3.05, 3.63) is 66.0 Å². The third-order valence-corrected chi connectivity index (χ3v) is 4.36. The topological polar surface area (TPSA) is 82.3 Å². The molecule has 0 saturated carbocycles. The highest BCUT2D eigenvalue weighted by atomic mass is 19.3. The Balaban J connectivity index is 2.02. The molecule has 0 spiro atoms. The molecule has 11 heteroatoms. The summed E-state index contributed by atoms with van der Waals surface area (Å²) in [7, 11) is 0. The van der Waals surface area contributed by atoms with Crippen molar-refractivity contribution in [3.8, 4) is 11.5 Å². The van der Waals surface area contributed by atoms with Gasteiger partial charge in [0, 0.05) is 0 Å². The van der Waals surface area contributed by atoms with Crippen molar-refractivity contribution < 1.29 is 32.1 Å². The first-order valence-corrected chi connectivity index (χ1v) is 8.36. The number of tetrazole rings is 1. The van der Waals surface area contributed by atoms with Crippen molar-refractivity contribution >= 4 is 0 Å². The van der Waals surface area contributed by atoms with Crippen LogP contribution in [0.4, 0.5) is 17.6 Å². The van der Waals surface area contributed by atoms with Crippen molar-refractivity contribution in [2.45, 2.75) is 31.8 Å². The summed E-state index contributed by atoms with van der Waals surface area (Å²) in [5, 5.41) is 23.0. The molecule has 3 rings (SSSR count). The number of hydrogen-bond donors (Lipinski definition) is 1. The minimum Gasteiger partial charge on any atom is -0.435 e. The van der Waals surface area contributed by atoms with Crippen molar-refractivity contribution in [2.24, 2.45) is 0 Å². The molecule has 1 N–H and O–H groups in total. The summed E-state index contributed by atoms with van der Waals surface area (Å²) in [5.41, 5.74) is -1.13. The zero-order valence-corrected chi connectivity index (χ0v) is 15.0. The highest BCUT2D eigenvalue weighted by Crippen LogP contribution is 2.40. The highest BCUT2D eigenvalue weighted by molar-refractivity contribution is 5.42. The Morgan fingerprint density at radius 3 is 1.66 bits per heavy atom. The number of benzene rings is 2. The minimum absolute atomic E-state index is 0.0849. The first-order chi connectivity index (χ1) is 13.8. The molecule has 1 unspecified atom stereocenters. The number of aliphatic hydroxyl groups is 1. The Morgan fingerprint density at radius 1 is 0.862 bits per heavy atom. The van der Waals surface area contributed by atoms with E-state index >= 15 is 0 Å². The van der Waals surface area contributed by atoms with Crippen LogP contribution in [0.1, 0.15) is 24.1 Å². The van der Waals surface area contributed by atoms with Crippen molar-refractivity contribution in [2.75, 3.05) is 0 Å². The predicted molar refractivity (Wildman–Crippen MR) is 91.7 cm³/mol. The number of ether oxygens (including phenoxy) is 2. The quantitative estimate of drug-likeness (QED) is 0.572. The fourth-order valence-electron chi connectivity index (χ4n) is 2.95. The normalized spacial score (nSPS) is 13.0. The molecule has 0 amide bonds. The van der Waals surface area contributed by atoms with Crippen molar-refractivity contribution in [1.82, 2.24) is 20.2 Å².